The summed E-state index contributed by atoms with van der Waals surface area (Å²) >= 11 is 0. The van der Waals surface area contributed by atoms with Crippen LogP contribution in [0.15, 0.2) is 29.0 Å². The SMILES string of the molecule is CCOC(=O)NNC(=O)CCc1nc(-c2ccncc2)no1. The van der Waals surface area contributed by atoms with Gasteiger partial charge in [0, 0.05) is 30.8 Å². The molecule has 0 aliphatic heterocycles. The summed E-state index contributed by atoms with van der Waals surface area (Å²) in [6.07, 6.45) is 2.88. The molecule has 0 bridgehead atoms. The van der Waals surface area contributed by atoms with E-state index >= 15 is 0 Å². The number of rotatable bonds is 5. The van der Waals surface area contributed by atoms with Crippen LogP contribution < -0.4 is 10.9 Å². The number of carbonyl (C=O) groups excluding carboxylic acids is 2. The molecule has 0 unspecified atom stereocenters. The fraction of sp³-hybridized carbons (Fsp3) is 0.308. The normalized spacial score (nSPS) is 10.0. The number of aryl methyl sites for hydroxylation is 1. The zero-order valence-electron chi connectivity index (χ0n) is 11.9. The molecule has 116 valence electrons. The molecule has 9 heteroatoms. The number of nitrogens with one attached hydrogen (secondary N) is 2. The first kappa shape index (κ1) is 15.4. The van der Waals surface area contributed by atoms with Gasteiger partial charge in [-0.25, -0.2) is 10.2 Å². The van der Waals surface area contributed by atoms with Crippen molar-refractivity contribution in [3.05, 3.63) is 30.4 Å². The van der Waals surface area contributed by atoms with Crippen molar-refractivity contribution in [2.24, 2.45) is 0 Å². The van der Waals surface area contributed by atoms with E-state index in [0.29, 0.717) is 11.7 Å². The van der Waals surface area contributed by atoms with Gasteiger partial charge in [-0.15, -0.1) is 0 Å². The Morgan fingerprint density at radius 3 is 2.77 bits per heavy atom. The fourth-order valence-electron chi connectivity index (χ4n) is 1.55. The third-order valence-corrected chi connectivity index (χ3v) is 2.55. The van der Waals surface area contributed by atoms with Crippen molar-refractivity contribution in [3.63, 3.8) is 0 Å². The highest BCUT2D eigenvalue weighted by atomic mass is 16.6. The molecule has 0 atom stereocenters. The van der Waals surface area contributed by atoms with Crippen LogP contribution >= 0.6 is 0 Å². The van der Waals surface area contributed by atoms with Crippen LogP contribution in [0, 0.1) is 0 Å². The Kier molecular flexibility index (Phi) is 5.41. The van der Waals surface area contributed by atoms with Gasteiger partial charge < -0.3 is 9.26 Å². The highest BCUT2D eigenvalue weighted by Gasteiger charge is 2.11. The van der Waals surface area contributed by atoms with Gasteiger partial charge in [-0.3, -0.25) is 15.2 Å². The van der Waals surface area contributed by atoms with Crippen LogP contribution in [0.2, 0.25) is 0 Å². The van der Waals surface area contributed by atoms with Gasteiger partial charge in [0.2, 0.25) is 17.6 Å². The van der Waals surface area contributed by atoms with E-state index < -0.39 is 12.0 Å². The molecule has 22 heavy (non-hydrogen) atoms. The van der Waals surface area contributed by atoms with Crippen LogP contribution in [0.5, 0.6) is 0 Å². The minimum absolute atomic E-state index is 0.0877. The predicted molar refractivity (Wildman–Crippen MR) is 74.2 cm³/mol. The van der Waals surface area contributed by atoms with Crippen molar-refractivity contribution in [1.82, 2.24) is 26.0 Å². The van der Waals surface area contributed by atoms with Crippen LogP contribution in [-0.4, -0.2) is 33.7 Å². The molecule has 2 aromatic heterocycles. The molecule has 2 N–H and O–H groups in total. The number of hydrogen-bond donors (Lipinski definition) is 2. The van der Waals surface area contributed by atoms with E-state index in [1.54, 1.807) is 31.5 Å². The number of amides is 2. The van der Waals surface area contributed by atoms with Gasteiger partial charge in [-0.05, 0) is 19.1 Å². The highest BCUT2D eigenvalue weighted by Crippen LogP contribution is 2.14. The second-order valence-corrected chi connectivity index (χ2v) is 4.14. The maximum Gasteiger partial charge on any atom is 0.426 e. The molecular weight excluding hydrogens is 290 g/mol. The number of carbonyl (C=O) groups is 2. The van der Waals surface area contributed by atoms with E-state index in [4.69, 9.17) is 4.52 Å². The number of aromatic nitrogens is 3. The van der Waals surface area contributed by atoms with Crippen LogP contribution in [0.1, 0.15) is 19.2 Å². The monoisotopic (exact) mass is 305 g/mol. The molecule has 0 fully saturated rings. The summed E-state index contributed by atoms with van der Waals surface area (Å²) in [6, 6.07) is 3.51. The average molecular weight is 305 g/mol. The summed E-state index contributed by atoms with van der Waals surface area (Å²) in [5.41, 5.74) is 5.11. The lowest BCUT2D eigenvalue weighted by molar-refractivity contribution is -0.122. The van der Waals surface area contributed by atoms with E-state index in [9.17, 15) is 9.59 Å². The molecule has 0 spiro atoms. The van der Waals surface area contributed by atoms with Crippen molar-refractivity contribution in [2.45, 2.75) is 19.8 Å². The first-order valence-corrected chi connectivity index (χ1v) is 6.63. The maximum atomic E-state index is 11.5. The number of ether oxygens (including phenoxy) is 1. The minimum Gasteiger partial charge on any atom is -0.449 e. The van der Waals surface area contributed by atoms with Gasteiger partial charge in [-0.1, -0.05) is 5.16 Å². The summed E-state index contributed by atoms with van der Waals surface area (Å²) in [4.78, 5) is 30.6. The smallest absolute Gasteiger partial charge is 0.426 e. The molecule has 2 heterocycles. The molecular formula is C13H15N5O4. The van der Waals surface area contributed by atoms with E-state index in [-0.39, 0.29) is 19.4 Å². The lowest BCUT2D eigenvalue weighted by Gasteiger charge is -2.05. The number of hydrazine groups is 1. The molecule has 0 radical (unpaired) electrons. The van der Waals surface area contributed by atoms with Gasteiger partial charge >= 0.3 is 6.09 Å². The third kappa shape index (κ3) is 4.54. The van der Waals surface area contributed by atoms with Crippen LogP contribution in [0.3, 0.4) is 0 Å². The molecule has 0 saturated carbocycles. The van der Waals surface area contributed by atoms with E-state index in [0.717, 1.165) is 5.56 Å². The van der Waals surface area contributed by atoms with Gasteiger partial charge in [-0.2, -0.15) is 4.98 Å². The molecule has 2 rings (SSSR count). The topological polar surface area (TPSA) is 119 Å². The van der Waals surface area contributed by atoms with E-state index in [2.05, 4.69) is 30.7 Å². The molecule has 2 amide bonds. The van der Waals surface area contributed by atoms with Crippen molar-refractivity contribution in [2.75, 3.05) is 6.61 Å². The van der Waals surface area contributed by atoms with Crippen molar-refractivity contribution < 1.29 is 18.8 Å². The first-order chi connectivity index (χ1) is 10.7. The largest absolute Gasteiger partial charge is 0.449 e. The van der Waals surface area contributed by atoms with Crippen molar-refractivity contribution >= 4 is 12.0 Å². The molecule has 0 aliphatic carbocycles. The molecule has 9 nitrogen and oxygen atoms in total. The Bertz CT molecular complexity index is 628. The summed E-state index contributed by atoms with van der Waals surface area (Å²) in [5, 5.41) is 3.83. The molecule has 0 aromatic carbocycles. The third-order valence-electron chi connectivity index (χ3n) is 2.55. The van der Waals surface area contributed by atoms with Crippen LogP contribution in [0.25, 0.3) is 11.4 Å². The van der Waals surface area contributed by atoms with Gasteiger partial charge in [0.25, 0.3) is 0 Å². The standard InChI is InChI=1S/C13H15N5O4/c1-2-21-13(20)17-16-10(19)3-4-11-15-12(18-22-11)9-5-7-14-8-6-9/h5-8H,2-4H2,1H3,(H,16,19)(H,17,20). The summed E-state index contributed by atoms with van der Waals surface area (Å²) in [5.74, 6) is 0.372. The Morgan fingerprint density at radius 1 is 1.27 bits per heavy atom. The van der Waals surface area contributed by atoms with Gasteiger partial charge in [0.05, 0.1) is 6.61 Å². The minimum atomic E-state index is -0.714. The van der Waals surface area contributed by atoms with Gasteiger partial charge in [0.15, 0.2) is 0 Å². The summed E-state index contributed by atoms with van der Waals surface area (Å²) in [7, 11) is 0. The predicted octanol–water partition coefficient (Wildman–Crippen LogP) is 0.841. The Hall–Kier alpha value is -2.97. The lowest BCUT2D eigenvalue weighted by atomic mass is 10.2. The second kappa shape index (κ2) is 7.72. The second-order valence-electron chi connectivity index (χ2n) is 4.14. The van der Waals surface area contributed by atoms with Crippen LogP contribution in [-0.2, 0) is 16.0 Å². The highest BCUT2D eigenvalue weighted by molar-refractivity contribution is 5.79. The Balaban J connectivity index is 1.79. The van der Waals surface area contributed by atoms with E-state index in [1.165, 1.54) is 0 Å². The zero-order valence-corrected chi connectivity index (χ0v) is 11.9. The number of pyridine rings is 1. The summed E-state index contributed by atoms with van der Waals surface area (Å²) in [6.45, 7) is 1.89. The fourth-order valence-corrected chi connectivity index (χ4v) is 1.55. The first-order valence-electron chi connectivity index (χ1n) is 6.63. The van der Waals surface area contributed by atoms with Gasteiger partial charge in [0.1, 0.15) is 0 Å². The molecule has 0 saturated heterocycles. The van der Waals surface area contributed by atoms with Crippen molar-refractivity contribution in [3.8, 4) is 11.4 Å². The number of hydrogen-bond acceptors (Lipinski definition) is 7. The zero-order chi connectivity index (χ0) is 15.8. The van der Waals surface area contributed by atoms with E-state index in [1.807, 2.05) is 0 Å². The molecule has 2 aromatic rings. The quantitative estimate of drug-likeness (QED) is 0.785. The summed E-state index contributed by atoms with van der Waals surface area (Å²) < 4.78 is 9.66. The van der Waals surface area contributed by atoms with Crippen molar-refractivity contribution in [1.29, 1.82) is 0 Å². The lowest BCUT2D eigenvalue weighted by Crippen LogP contribution is -2.42. The van der Waals surface area contributed by atoms with Crippen LogP contribution in [0.4, 0.5) is 4.79 Å². The number of nitrogens with zero attached hydrogens (tertiary/aromatic N) is 3. The Labute approximate surface area is 126 Å². The maximum absolute atomic E-state index is 11.5. The molecule has 0 aliphatic rings. The average Bonchev–Trinajstić information content (AvgIpc) is 3.01. The Morgan fingerprint density at radius 2 is 2.05 bits per heavy atom.